The Morgan fingerprint density at radius 1 is 1.24 bits per heavy atom. The van der Waals surface area contributed by atoms with Crippen LogP contribution in [0.1, 0.15) is 12.8 Å². The van der Waals surface area contributed by atoms with E-state index in [0.29, 0.717) is 5.33 Å². The topological polar surface area (TPSA) is 34.1 Å². The van der Waals surface area contributed by atoms with Crippen molar-refractivity contribution in [2.45, 2.75) is 17.7 Å². The lowest BCUT2D eigenvalue weighted by atomic mass is 10.2. The molecule has 0 N–H and O–H groups in total. The van der Waals surface area contributed by atoms with E-state index in [1.807, 2.05) is 0 Å². The molecule has 0 aromatic heterocycles. The molecule has 1 saturated carbocycles. The standard InChI is InChI=1S/C11H11BrF2O2S/c12-6-11(3-4-11)7-17(15,16)8-1-2-9(13)10(14)5-8/h1-2,5H,3-4,6-7H2. The molecular weight excluding hydrogens is 314 g/mol. The number of alkyl halides is 1. The molecule has 0 heterocycles. The average molecular weight is 325 g/mol. The van der Waals surface area contributed by atoms with E-state index in [2.05, 4.69) is 15.9 Å². The minimum atomic E-state index is -3.54. The number of benzene rings is 1. The van der Waals surface area contributed by atoms with Crippen molar-refractivity contribution in [2.24, 2.45) is 5.41 Å². The molecule has 6 heteroatoms. The van der Waals surface area contributed by atoms with Gasteiger partial charge < -0.3 is 0 Å². The normalized spacial score (nSPS) is 18.1. The molecule has 0 atom stereocenters. The highest BCUT2D eigenvalue weighted by Gasteiger charge is 2.45. The monoisotopic (exact) mass is 324 g/mol. The zero-order valence-corrected chi connectivity index (χ0v) is 11.3. The fourth-order valence-corrected chi connectivity index (χ4v) is 4.59. The number of hydrogen-bond donors (Lipinski definition) is 0. The summed E-state index contributed by atoms with van der Waals surface area (Å²) in [5, 5.41) is 0.614. The second kappa shape index (κ2) is 4.31. The fraction of sp³-hybridized carbons (Fsp3) is 0.455. The molecule has 0 unspecified atom stereocenters. The van der Waals surface area contributed by atoms with E-state index in [1.165, 1.54) is 0 Å². The first kappa shape index (κ1) is 13.0. The molecule has 2 rings (SSSR count). The molecule has 1 aliphatic carbocycles. The smallest absolute Gasteiger partial charge is 0.179 e. The third-order valence-electron chi connectivity index (χ3n) is 2.99. The van der Waals surface area contributed by atoms with Crippen molar-refractivity contribution in [3.63, 3.8) is 0 Å². The van der Waals surface area contributed by atoms with E-state index < -0.39 is 21.5 Å². The van der Waals surface area contributed by atoms with Gasteiger partial charge in [-0.15, -0.1) is 0 Å². The second-order valence-corrected chi connectivity index (χ2v) is 7.02. The van der Waals surface area contributed by atoms with Crippen LogP contribution in [0, 0.1) is 17.0 Å². The second-order valence-electron chi connectivity index (χ2n) is 4.47. The van der Waals surface area contributed by atoms with E-state index in [4.69, 9.17) is 0 Å². The van der Waals surface area contributed by atoms with Crippen molar-refractivity contribution in [3.05, 3.63) is 29.8 Å². The van der Waals surface area contributed by atoms with E-state index in [-0.39, 0.29) is 16.1 Å². The molecule has 0 amide bonds. The van der Waals surface area contributed by atoms with Crippen molar-refractivity contribution >= 4 is 25.8 Å². The van der Waals surface area contributed by atoms with Gasteiger partial charge in [-0.05, 0) is 36.5 Å². The SMILES string of the molecule is O=S(=O)(CC1(CBr)CC1)c1ccc(F)c(F)c1. The number of rotatable bonds is 4. The van der Waals surface area contributed by atoms with E-state index in [1.54, 1.807) is 0 Å². The zero-order chi connectivity index (χ0) is 12.7. The van der Waals surface area contributed by atoms with Gasteiger partial charge in [0.05, 0.1) is 10.6 Å². The Morgan fingerprint density at radius 2 is 1.88 bits per heavy atom. The quantitative estimate of drug-likeness (QED) is 0.630. The molecule has 0 aliphatic heterocycles. The molecular formula is C11H11BrF2O2S. The van der Waals surface area contributed by atoms with Crippen LogP contribution in [0.15, 0.2) is 23.1 Å². The van der Waals surface area contributed by atoms with Crippen LogP contribution in [-0.4, -0.2) is 19.5 Å². The summed E-state index contributed by atoms with van der Waals surface area (Å²) >= 11 is 3.29. The Labute approximate surface area is 107 Å². The molecule has 2 nitrogen and oxygen atoms in total. The van der Waals surface area contributed by atoms with Gasteiger partial charge >= 0.3 is 0 Å². The molecule has 17 heavy (non-hydrogen) atoms. The van der Waals surface area contributed by atoms with Crippen molar-refractivity contribution in [1.82, 2.24) is 0 Å². The summed E-state index contributed by atoms with van der Waals surface area (Å²) in [7, 11) is -3.54. The number of sulfone groups is 1. The van der Waals surface area contributed by atoms with Crippen molar-refractivity contribution in [1.29, 1.82) is 0 Å². The first-order valence-corrected chi connectivity index (χ1v) is 7.90. The molecule has 0 spiro atoms. The molecule has 94 valence electrons. The highest BCUT2D eigenvalue weighted by molar-refractivity contribution is 9.09. The Balaban J connectivity index is 2.29. The van der Waals surface area contributed by atoms with Crippen LogP contribution in [0.4, 0.5) is 8.78 Å². The van der Waals surface area contributed by atoms with Gasteiger partial charge in [0, 0.05) is 5.33 Å². The van der Waals surface area contributed by atoms with Gasteiger partial charge in [-0.3, -0.25) is 0 Å². The number of halogens is 3. The van der Waals surface area contributed by atoms with E-state index in [9.17, 15) is 17.2 Å². The summed E-state index contributed by atoms with van der Waals surface area (Å²) in [6.07, 6.45) is 1.70. The molecule has 1 fully saturated rings. The molecule has 0 saturated heterocycles. The molecule has 0 bridgehead atoms. The maximum atomic E-state index is 13.0. The lowest BCUT2D eigenvalue weighted by Gasteiger charge is -2.12. The third-order valence-corrected chi connectivity index (χ3v) is 6.14. The lowest BCUT2D eigenvalue weighted by Crippen LogP contribution is -2.19. The third kappa shape index (κ3) is 2.68. The predicted molar refractivity (Wildman–Crippen MR) is 63.9 cm³/mol. The summed E-state index contributed by atoms with van der Waals surface area (Å²) in [6, 6.07) is 2.70. The highest BCUT2D eigenvalue weighted by atomic mass is 79.9. The van der Waals surface area contributed by atoms with Gasteiger partial charge in [0.15, 0.2) is 21.5 Å². The highest BCUT2D eigenvalue weighted by Crippen LogP contribution is 2.48. The van der Waals surface area contributed by atoms with Crippen LogP contribution < -0.4 is 0 Å². The van der Waals surface area contributed by atoms with Crippen molar-refractivity contribution in [2.75, 3.05) is 11.1 Å². The first-order chi connectivity index (χ1) is 7.88. The average Bonchev–Trinajstić information content (AvgIpc) is 3.02. The number of hydrogen-bond acceptors (Lipinski definition) is 2. The summed E-state index contributed by atoms with van der Waals surface area (Å²) < 4.78 is 49.7. The molecule has 1 aromatic carbocycles. The van der Waals surface area contributed by atoms with Gasteiger partial charge in [-0.1, -0.05) is 15.9 Å². The summed E-state index contributed by atoms with van der Waals surface area (Å²) in [5.41, 5.74) is -0.219. The molecule has 0 radical (unpaired) electrons. The maximum absolute atomic E-state index is 13.0. The Hall–Kier alpha value is -0.490. The lowest BCUT2D eigenvalue weighted by molar-refractivity contribution is 0.504. The largest absolute Gasteiger partial charge is 0.224 e. The minimum Gasteiger partial charge on any atom is -0.224 e. The van der Waals surface area contributed by atoms with Gasteiger partial charge in [0.25, 0.3) is 0 Å². The predicted octanol–water partition coefficient (Wildman–Crippen LogP) is 2.91. The Kier molecular flexibility index (Phi) is 3.29. The fourth-order valence-electron chi connectivity index (χ4n) is 1.65. The van der Waals surface area contributed by atoms with Gasteiger partial charge in [0.2, 0.25) is 0 Å². The van der Waals surface area contributed by atoms with Crippen LogP contribution in [0.25, 0.3) is 0 Å². The van der Waals surface area contributed by atoms with Crippen LogP contribution in [0.3, 0.4) is 0 Å². The summed E-state index contributed by atoms with van der Waals surface area (Å²) in [6.45, 7) is 0. The first-order valence-electron chi connectivity index (χ1n) is 5.12. The zero-order valence-electron chi connectivity index (χ0n) is 8.92. The van der Waals surface area contributed by atoms with Gasteiger partial charge in [-0.25, -0.2) is 17.2 Å². The molecule has 1 aliphatic rings. The van der Waals surface area contributed by atoms with Crippen molar-refractivity contribution in [3.8, 4) is 0 Å². The van der Waals surface area contributed by atoms with Gasteiger partial charge in [0.1, 0.15) is 0 Å². The van der Waals surface area contributed by atoms with Crippen LogP contribution in [-0.2, 0) is 9.84 Å². The van der Waals surface area contributed by atoms with Crippen LogP contribution >= 0.6 is 15.9 Å². The minimum absolute atomic E-state index is 0.0175. The van der Waals surface area contributed by atoms with E-state index >= 15 is 0 Å². The Bertz CT molecular complexity index is 538. The van der Waals surface area contributed by atoms with Crippen molar-refractivity contribution < 1.29 is 17.2 Å². The maximum Gasteiger partial charge on any atom is 0.179 e. The summed E-state index contributed by atoms with van der Waals surface area (Å²) in [5.74, 6) is -2.18. The summed E-state index contributed by atoms with van der Waals surface area (Å²) in [4.78, 5) is -0.149. The molecule has 1 aromatic rings. The van der Waals surface area contributed by atoms with Gasteiger partial charge in [-0.2, -0.15) is 0 Å². The van der Waals surface area contributed by atoms with Crippen LogP contribution in [0.2, 0.25) is 0 Å². The van der Waals surface area contributed by atoms with Crippen LogP contribution in [0.5, 0.6) is 0 Å². The Morgan fingerprint density at radius 3 is 2.35 bits per heavy atom. The van der Waals surface area contributed by atoms with E-state index in [0.717, 1.165) is 31.0 Å².